The van der Waals surface area contributed by atoms with Crippen LogP contribution >= 0.6 is 12.2 Å². The number of hydrogen-bond donors (Lipinski definition) is 3. The quantitative estimate of drug-likeness (QED) is 0.284. The fraction of sp³-hybridized carbons (Fsp3) is 0.214. The van der Waals surface area contributed by atoms with Crippen molar-refractivity contribution in [3.8, 4) is 11.5 Å². The molecule has 0 aromatic heterocycles. The zero-order valence-electron chi connectivity index (χ0n) is 12.0. The van der Waals surface area contributed by atoms with Gasteiger partial charge >= 0.3 is 5.97 Å². The predicted molar refractivity (Wildman–Crippen MR) is 87.5 cm³/mol. The fourth-order valence-corrected chi connectivity index (χ4v) is 1.74. The van der Waals surface area contributed by atoms with Crippen LogP contribution in [0.1, 0.15) is 11.1 Å². The number of hydrogen-bond acceptors (Lipinski definition) is 5. The highest BCUT2D eigenvalue weighted by atomic mass is 32.1. The average molecular weight is 323 g/mol. The number of ether oxygens (including phenoxy) is 2. The lowest BCUT2D eigenvalue weighted by molar-refractivity contribution is -0.139. The van der Waals surface area contributed by atoms with Gasteiger partial charge in [-0.25, -0.2) is 4.79 Å². The Labute approximate surface area is 133 Å². The van der Waals surface area contributed by atoms with E-state index in [1.54, 1.807) is 18.2 Å². The number of carboxylic acid groups (broad SMARTS) is 1. The summed E-state index contributed by atoms with van der Waals surface area (Å²) in [5.74, 6) is -0.306. The van der Waals surface area contributed by atoms with Crippen molar-refractivity contribution in [3.63, 3.8) is 0 Å². The van der Waals surface area contributed by atoms with E-state index in [1.165, 1.54) is 13.3 Å². The van der Waals surface area contributed by atoms with Gasteiger partial charge in [0, 0.05) is 5.56 Å². The topological polar surface area (TPSA) is 106 Å². The van der Waals surface area contributed by atoms with Crippen molar-refractivity contribution >= 4 is 29.5 Å². The maximum absolute atomic E-state index is 10.7. The molecule has 1 aromatic carbocycles. The number of carbonyl (C=O) groups is 1. The Morgan fingerprint density at radius 1 is 1.59 bits per heavy atom. The highest BCUT2D eigenvalue weighted by Gasteiger charge is 2.13. The third kappa shape index (κ3) is 5.41. The van der Waals surface area contributed by atoms with Crippen molar-refractivity contribution < 1.29 is 19.4 Å². The number of hydrazone groups is 1. The summed E-state index contributed by atoms with van der Waals surface area (Å²) in [6.07, 6.45) is 3.67. The van der Waals surface area contributed by atoms with E-state index < -0.39 is 12.6 Å². The first-order valence-corrected chi connectivity index (χ1v) is 6.63. The number of carboxylic acids is 1. The number of thiocarbonyl (C=S) groups is 1. The number of rotatable bonds is 8. The van der Waals surface area contributed by atoms with Gasteiger partial charge in [0.05, 0.1) is 13.3 Å². The zero-order valence-corrected chi connectivity index (χ0v) is 12.9. The van der Waals surface area contributed by atoms with Crippen LogP contribution in [0.15, 0.2) is 29.9 Å². The fourth-order valence-electron chi connectivity index (χ4n) is 1.69. The second-order valence-corrected chi connectivity index (χ2v) is 4.56. The Bertz CT molecular complexity index is 602. The molecule has 0 fully saturated rings. The highest BCUT2D eigenvalue weighted by Crippen LogP contribution is 2.33. The largest absolute Gasteiger partial charge is 0.493 e. The average Bonchev–Trinajstić information content (AvgIpc) is 2.45. The maximum Gasteiger partial charge on any atom is 0.341 e. The smallest absolute Gasteiger partial charge is 0.341 e. The molecule has 0 amide bonds. The summed E-state index contributed by atoms with van der Waals surface area (Å²) >= 11 is 4.65. The molecule has 4 N–H and O–H groups in total. The summed E-state index contributed by atoms with van der Waals surface area (Å²) in [6.45, 7) is 3.21. The Balaban J connectivity index is 3.15. The summed E-state index contributed by atoms with van der Waals surface area (Å²) in [5, 5.41) is 12.7. The van der Waals surface area contributed by atoms with Gasteiger partial charge in [-0.15, -0.1) is 6.58 Å². The highest BCUT2D eigenvalue weighted by molar-refractivity contribution is 7.80. The molecule has 0 radical (unpaired) electrons. The van der Waals surface area contributed by atoms with Gasteiger partial charge in [0.15, 0.2) is 23.2 Å². The number of methoxy groups -OCH3 is 1. The van der Waals surface area contributed by atoms with Crippen LogP contribution in [0.2, 0.25) is 0 Å². The van der Waals surface area contributed by atoms with Crippen molar-refractivity contribution in [1.29, 1.82) is 0 Å². The van der Waals surface area contributed by atoms with E-state index in [4.69, 9.17) is 20.3 Å². The van der Waals surface area contributed by atoms with Gasteiger partial charge in [0.2, 0.25) is 0 Å². The molecule has 0 atom stereocenters. The van der Waals surface area contributed by atoms with Crippen molar-refractivity contribution in [3.05, 3.63) is 35.9 Å². The van der Waals surface area contributed by atoms with Crippen LogP contribution in [-0.4, -0.2) is 36.1 Å². The molecule has 7 nitrogen and oxygen atoms in total. The van der Waals surface area contributed by atoms with Gasteiger partial charge in [0.1, 0.15) is 0 Å². The summed E-state index contributed by atoms with van der Waals surface area (Å²) in [7, 11) is 1.47. The number of nitrogens with two attached hydrogens (primary N) is 1. The monoisotopic (exact) mass is 323 g/mol. The third-order valence-electron chi connectivity index (χ3n) is 2.47. The molecule has 0 heterocycles. The first-order chi connectivity index (χ1) is 10.5. The minimum absolute atomic E-state index is 0.0518. The molecule has 0 aliphatic heterocycles. The molecule has 0 saturated heterocycles. The minimum Gasteiger partial charge on any atom is -0.493 e. The number of nitrogens with one attached hydrogen (secondary N) is 1. The summed E-state index contributed by atoms with van der Waals surface area (Å²) in [4.78, 5) is 10.7. The van der Waals surface area contributed by atoms with E-state index in [9.17, 15) is 4.79 Å². The first kappa shape index (κ1) is 17.4. The lowest BCUT2D eigenvalue weighted by atomic mass is 10.1. The van der Waals surface area contributed by atoms with E-state index in [2.05, 4.69) is 29.3 Å². The van der Waals surface area contributed by atoms with Gasteiger partial charge in [-0.05, 0) is 36.3 Å². The third-order valence-corrected chi connectivity index (χ3v) is 2.56. The van der Waals surface area contributed by atoms with Gasteiger partial charge in [-0.3, -0.25) is 5.43 Å². The Hall–Kier alpha value is -2.61. The summed E-state index contributed by atoms with van der Waals surface area (Å²) in [6, 6.07) is 3.45. The number of aliphatic carboxylic acids is 1. The van der Waals surface area contributed by atoms with E-state index in [0.29, 0.717) is 23.5 Å². The molecule has 1 rings (SSSR count). The predicted octanol–water partition coefficient (Wildman–Crippen LogP) is 1.05. The van der Waals surface area contributed by atoms with E-state index >= 15 is 0 Å². The van der Waals surface area contributed by atoms with Crippen molar-refractivity contribution in [2.45, 2.75) is 6.42 Å². The molecule has 0 unspecified atom stereocenters. The Morgan fingerprint density at radius 2 is 2.32 bits per heavy atom. The normalized spacial score (nSPS) is 10.2. The molecular weight excluding hydrogens is 306 g/mol. The molecule has 8 heteroatoms. The van der Waals surface area contributed by atoms with E-state index in [0.717, 1.165) is 5.56 Å². The lowest BCUT2D eigenvalue weighted by Crippen LogP contribution is -2.24. The van der Waals surface area contributed by atoms with Crippen LogP contribution in [0.4, 0.5) is 0 Å². The van der Waals surface area contributed by atoms with Crippen molar-refractivity contribution in [2.24, 2.45) is 10.8 Å². The van der Waals surface area contributed by atoms with Gasteiger partial charge in [0.25, 0.3) is 0 Å². The number of allylic oxidation sites excluding steroid dienone is 1. The SMILES string of the molecule is C=CCc1cc(/C=N\NC(N)=S)cc(OC)c1OCC(=O)O. The van der Waals surface area contributed by atoms with Crippen LogP contribution in [0.25, 0.3) is 0 Å². The second kappa shape index (κ2) is 8.63. The van der Waals surface area contributed by atoms with Crippen LogP contribution in [0.5, 0.6) is 11.5 Å². The Morgan fingerprint density at radius 3 is 2.86 bits per heavy atom. The van der Waals surface area contributed by atoms with Gasteiger partial charge in [-0.2, -0.15) is 5.10 Å². The molecule has 0 bridgehead atoms. The first-order valence-electron chi connectivity index (χ1n) is 6.22. The molecule has 22 heavy (non-hydrogen) atoms. The van der Waals surface area contributed by atoms with Crippen LogP contribution in [0.3, 0.4) is 0 Å². The van der Waals surface area contributed by atoms with E-state index in [1.807, 2.05) is 0 Å². The minimum atomic E-state index is -1.07. The second-order valence-electron chi connectivity index (χ2n) is 4.12. The Kier molecular flexibility index (Phi) is 6.84. The zero-order chi connectivity index (χ0) is 16.5. The molecule has 1 aromatic rings. The number of nitrogens with zero attached hydrogens (tertiary/aromatic N) is 1. The van der Waals surface area contributed by atoms with Crippen LogP contribution in [0, 0.1) is 0 Å². The summed E-state index contributed by atoms with van der Waals surface area (Å²) in [5.41, 5.74) is 9.16. The van der Waals surface area contributed by atoms with E-state index in [-0.39, 0.29) is 5.11 Å². The molecule has 0 aliphatic rings. The van der Waals surface area contributed by atoms with Gasteiger partial charge < -0.3 is 20.3 Å². The molecule has 0 saturated carbocycles. The van der Waals surface area contributed by atoms with Crippen molar-refractivity contribution in [1.82, 2.24) is 5.43 Å². The molecule has 0 spiro atoms. The lowest BCUT2D eigenvalue weighted by Gasteiger charge is -2.14. The standard InChI is InChI=1S/C14H17N3O4S/c1-3-4-10-5-9(7-16-17-14(15)22)6-11(20-2)13(10)21-8-12(18)19/h3,5-7H,1,4,8H2,2H3,(H,18,19)(H3,15,17,22)/b16-7-. The molecule has 0 aliphatic carbocycles. The molecule has 118 valence electrons. The van der Waals surface area contributed by atoms with Crippen LogP contribution < -0.4 is 20.6 Å². The molecular formula is C14H17N3O4S. The van der Waals surface area contributed by atoms with Crippen molar-refractivity contribution in [2.75, 3.05) is 13.7 Å². The maximum atomic E-state index is 10.7. The summed E-state index contributed by atoms with van der Waals surface area (Å²) < 4.78 is 10.5. The number of benzene rings is 1. The van der Waals surface area contributed by atoms with Gasteiger partial charge in [-0.1, -0.05) is 6.08 Å². The van der Waals surface area contributed by atoms with Crippen LogP contribution in [-0.2, 0) is 11.2 Å².